The number of fused-ring (bicyclic) bond motifs is 1. The number of carbonyl (C=O) groups is 1. The average molecular weight is 357 g/mol. The van der Waals surface area contributed by atoms with Crippen molar-refractivity contribution in [3.8, 4) is 5.75 Å². The van der Waals surface area contributed by atoms with Crippen LogP contribution in [0, 0.1) is 0 Å². The number of ether oxygens (including phenoxy) is 3. The lowest BCUT2D eigenvalue weighted by atomic mass is 10.1. The van der Waals surface area contributed by atoms with Gasteiger partial charge in [0.25, 0.3) is 0 Å². The van der Waals surface area contributed by atoms with Gasteiger partial charge in [-0.1, -0.05) is 30.3 Å². The van der Waals surface area contributed by atoms with Gasteiger partial charge < -0.3 is 14.2 Å². The van der Waals surface area contributed by atoms with Crippen LogP contribution in [0.1, 0.15) is 34.6 Å². The minimum absolute atomic E-state index is 0.202. The molecule has 0 N–H and O–H groups in total. The summed E-state index contributed by atoms with van der Waals surface area (Å²) >= 11 is 0. The Morgan fingerprint density at radius 3 is 2.58 bits per heavy atom. The summed E-state index contributed by atoms with van der Waals surface area (Å²) in [6, 6.07) is 13.9. The van der Waals surface area contributed by atoms with Crippen molar-refractivity contribution in [2.24, 2.45) is 0 Å². The molecular weight excluding hydrogens is 330 g/mol. The second-order valence-electron chi connectivity index (χ2n) is 8.08. The molecule has 5 nitrogen and oxygen atoms in total. The van der Waals surface area contributed by atoms with E-state index in [2.05, 4.69) is 12.1 Å². The molecule has 1 aliphatic heterocycles. The summed E-state index contributed by atoms with van der Waals surface area (Å²) in [6.45, 7) is 10.1. The van der Waals surface area contributed by atoms with E-state index in [-0.39, 0.29) is 12.1 Å². The molecule has 2 aromatic rings. The van der Waals surface area contributed by atoms with Gasteiger partial charge in [-0.25, -0.2) is 4.79 Å². The second kappa shape index (κ2) is 6.80. The van der Waals surface area contributed by atoms with E-state index < -0.39 is 11.3 Å². The standard InChI is InChI=1S/C21H27NO4/c1-20(2,3)26-19(23)22-17(14-25-21(22,4)5)13-24-18-11-10-15-8-6-7-9-16(15)12-18/h6-12,17H,13-14H2,1-5H3/t17-/m1/s1. The molecule has 140 valence electrons. The molecule has 0 aliphatic carbocycles. The minimum Gasteiger partial charge on any atom is -0.491 e. The van der Waals surface area contributed by atoms with Crippen LogP contribution in [0.3, 0.4) is 0 Å². The summed E-state index contributed by atoms with van der Waals surface area (Å²) in [4.78, 5) is 14.3. The molecule has 1 amide bonds. The van der Waals surface area contributed by atoms with Gasteiger partial charge in [0.05, 0.1) is 12.6 Å². The van der Waals surface area contributed by atoms with Gasteiger partial charge in [0.15, 0.2) is 0 Å². The first-order valence-corrected chi connectivity index (χ1v) is 8.94. The van der Waals surface area contributed by atoms with E-state index in [1.807, 2.05) is 65.0 Å². The summed E-state index contributed by atoms with van der Waals surface area (Å²) in [7, 11) is 0. The summed E-state index contributed by atoms with van der Waals surface area (Å²) in [5, 5.41) is 2.29. The van der Waals surface area contributed by atoms with Crippen molar-refractivity contribution in [1.82, 2.24) is 4.90 Å². The fourth-order valence-electron chi connectivity index (χ4n) is 3.14. The van der Waals surface area contributed by atoms with E-state index in [1.54, 1.807) is 4.90 Å². The molecule has 3 rings (SSSR count). The fourth-order valence-corrected chi connectivity index (χ4v) is 3.14. The Labute approximate surface area is 154 Å². The van der Waals surface area contributed by atoms with Gasteiger partial charge in [-0.05, 0) is 57.5 Å². The van der Waals surface area contributed by atoms with Crippen molar-refractivity contribution in [3.05, 3.63) is 42.5 Å². The van der Waals surface area contributed by atoms with Crippen LogP contribution in [0.4, 0.5) is 4.79 Å². The predicted octanol–water partition coefficient (Wildman–Crippen LogP) is 4.59. The number of hydrogen-bond acceptors (Lipinski definition) is 4. The van der Waals surface area contributed by atoms with Gasteiger partial charge >= 0.3 is 6.09 Å². The number of carbonyl (C=O) groups excluding carboxylic acids is 1. The molecule has 0 radical (unpaired) electrons. The van der Waals surface area contributed by atoms with Crippen LogP contribution in [-0.4, -0.2) is 41.6 Å². The van der Waals surface area contributed by atoms with Gasteiger partial charge in [0.2, 0.25) is 0 Å². The Kier molecular flexibility index (Phi) is 4.84. The van der Waals surface area contributed by atoms with Crippen molar-refractivity contribution >= 4 is 16.9 Å². The van der Waals surface area contributed by atoms with E-state index in [9.17, 15) is 4.79 Å². The van der Waals surface area contributed by atoms with Crippen LogP contribution in [0.2, 0.25) is 0 Å². The smallest absolute Gasteiger partial charge is 0.413 e. The average Bonchev–Trinajstić information content (AvgIpc) is 2.86. The highest BCUT2D eigenvalue weighted by Crippen LogP contribution is 2.30. The van der Waals surface area contributed by atoms with E-state index in [4.69, 9.17) is 14.2 Å². The topological polar surface area (TPSA) is 48.0 Å². The van der Waals surface area contributed by atoms with Crippen LogP contribution in [-0.2, 0) is 9.47 Å². The number of rotatable bonds is 3. The van der Waals surface area contributed by atoms with Crippen LogP contribution < -0.4 is 4.74 Å². The maximum Gasteiger partial charge on any atom is 0.413 e. The highest BCUT2D eigenvalue weighted by atomic mass is 16.6. The van der Waals surface area contributed by atoms with Gasteiger partial charge in [-0.2, -0.15) is 0 Å². The van der Waals surface area contributed by atoms with Crippen LogP contribution in [0.25, 0.3) is 10.8 Å². The van der Waals surface area contributed by atoms with Crippen molar-refractivity contribution in [2.45, 2.75) is 52.0 Å². The lowest BCUT2D eigenvalue weighted by Gasteiger charge is -2.35. The van der Waals surface area contributed by atoms with Gasteiger partial charge in [0, 0.05) is 0 Å². The third-order valence-electron chi connectivity index (χ3n) is 4.33. The monoisotopic (exact) mass is 357 g/mol. The zero-order valence-corrected chi connectivity index (χ0v) is 16.1. The molecule has 0 aromatic heterocycles. The Morgan fingerprint density at radius 1 is 1.19 bits per heavy atom. The molecule has 0 saturated carbocycles. The summed E-state index contributed by atoms with van der Waals surface area (Å²) < 4.78 is 17.3. The molecule has 0 bridgehead atoms. The Balaban J connectivity index is 1.71. The fraction of sp³-hybridized carbons (Fsp3) is 0.476. The molecule has 1 saturated heterocycles. The maximum absolute atomic E-state index is 12.6. The van der Waals surface area contributed by atoms with Crippen LogP contribution in [0.5, 0.6) is 5.75 Å². The van der Waals surface area contributed by atoms with Crippen molar-refractivity contribution in [2.75, 3.05) is 13.2 Å². The number of nitrogens with zero attached hydrogens (tertiary/aromatic N) is 1. The maximum atomic E-state index is 12.6. The quantitative estimate of drug-likeness (QED) is 0.806. The van der Waals surface area contributed by atoms with Crippen LogP contribution in [0.15, 0.2) is 42.5 Å². The van der Waals surface area contributed by atoms with Crippen molar-refractivity contribution in [1.29, 1.82) is 0 Å². The summed E-state index contributed by atoms with van der Waals surface area (Å²) in [6.07, 6.45) is -0.382. The molecular formula is C21H27NO4. The van der Waals surface area contributed by atoms with Crippen LogP contribution >= 0.6 is 0 Å². The van der Waals surface area contributed by atoms with Crippen molar-refractivity contribution < 1.29 is 19.0 Å². The number of benzene rings is 2. The summed E-state index contributed by atoms with van der Waals surface area (Å²) in [5.41, 5.74) is -1.28. The highest BCUT2D eigenvalue weighted by molar-refractivity contribution is 5.83. The van der Waals surface area contributed by atoms with Gasteiger partial charge in [-0.15, -0.1) is 0 Å². The largest absolute Gasteiger partial charge is 0.491 e. The lowest BCUT2D eigenvalue weighted by molar-refractivity contribution is -0.0637. The minimum atomic E-state index is -0.722. The second-order valence-corrected chi connectivity index (χ2v) is 8.08. The SMILES string of the molecule is CC(C)(C)OC(=O)N1[C@H](COc2ccc3ccccc3c2)COC1(C)C. The normalized spacial score (nSPS) is 19.6. The molecule has 26 heavy (non-hydrogen) atoms. The third-order valence-corrected chi connectivity index (χ3v) is 4.33. The van der Waals surface area contributed by atoms with Crippen molar-refractivity contribution in [3.63, 3.8) is 0 Å². The first-order valence-electron chi connectivity index (χ1n) is 8.94. The van der Waals surface area contributed by atoms with E-state index >= 15 is 0 Å². The van der Waals surface area contributed by atoms with E-state index in [0.717, 1.165) is 11.1 Å². The first-order chi connectivity index (χ1) is 12.2. The lowest BCUT2D eigenvalue weighted by Crippen LogP contribution is -2.51. The molecule has 5 heteroatoms. The first kappa shape index (κ1) is 18.5. The molecule has 1 fully saturated rings. The third kappa shape index (κ3) is 4.10. The van der Waals surface area contributed by atoms with Gasteiger partial charge in [-0.3, -0.25) is 4.90 Å². The molecule has 2 aromatic carbocycles. The molecule has 0 spiro atoms. The zero-order valence-electron chi connectivity index (χ0n) is 16.1. The van der Waals surface area contributed by atoms with E-state index in [0.29, 0.717) is 13.2 Å². The molecule has 1 heterocycles. The molecule has 1 atom stereocenters. The number of hydrogen-bond donors (Lipinski definition) is 0. The zero-order chi connectivity index (χ0) is 18.9. The van der Waals surface area contributed by atoms with E-state index in [1.165, 1.54) is 5.39 Å². The predicted molar refractivity (Wildman–Crippen MR) is 101 cm³/mol. The molecule has 1 aliphatic rings. The number of amides is 1. The molecule has 0 unspecified atom stereocenters. The van der Waals surface area contributed by atoms with Gasteiger partial charge in [0.1, 0.15) is 23.7 Å². The Morgan fingerprint density at radius 2 is 1.88 bits per heavy atom. The Hall–Kier alpha value is -2.27. The summed E-state index contributed by atoms with van der Waals surface area (Å²) in [5.74, 6) is 0.776. The Bertz CT molecular complexity index is 794. The highest BCUT2D eigenvalue weighted by Gasteiger charge is 2.46.